The predicted octanol–water partition coefficient (Wildman–Crippen LogP) is 2.09. The number of amides is 1. The molecule has 0 saturated carbocycles. The Hall–Kier alpha value is -2.04. The maximum atomic E-state index is 11.6. The van der Waals surface area contributed by atoms with Gasteiger partial charge in [-0.2, -0.15) is 0 Å². The number of phenols is 1. The largest absolute Gasteiger partial charge is 0.508 e. The van der Waals surface area contributed by atoms with E-state index in [1.165, 1.54) is 0 Å². The zero-order chi connectivity index (χ0) is 14.8. The summed E-state index contributed by atoms with van der Waals surface area (Å²) in [6.45, 7) is 0.591. The summed E-state index contributed by atoms with van der Waals surface area (Å²) in [5.41, 5.74) is 1.01. The molecule has 0 bridgehead atoms. The highest BCUT2D eigenvalue weighted by molar-refractivity contribution is 5.76. The Balaban J connectivity index is 2.06. The Bertz CT molecular complexity index is 428. The Morgan fingerprint density at radius 1 is 1.00 bits per heavy atom. The van der Waals surface area contributed by atoms with E-state index in [0.29, 0.717) is 25.8 Å². The fourth-order valence-corrected chi connectivity index (χ4v) is 1.81. The van der Waals surface area contributed by atoms with Crippen LogP contribution in [0.15, 0.2) is 24.3 Å². The van der Waals surface area contributed by atoms with Crippen LogP contribution in [0.4, 0.5) is 0 Å². The summed E-state index contributed by atoms with van der Waals surface area (Å²) in [6.07, 6.45) is 3.52. The summed E-state index contributed by atoms with van der Waals surface area (Å²) in [5, 5.41) is 20.4. The zero-order valence-electron chi connectivity index (χ0n) is 11.5. The topological polar surface area (TPSA) is 86.6 Å². The molecular weight excluding hydrogens is 258 g/mol. The molecule has 0 aromatic heterocycles. The van der Waals surface area contributed by atoms with Gasteiger partial charge in [0, 0.05) is 19.4 Å². The Kier molecular flexibility index (Phi) is 7.17. The number of carboxylic acid groups (broad SMARTS) is 1. The molecule has 5 heteroatoms. The zero-order valence-corrected chi connectivity index (χ0v) is 11.5. The van der Waals surface area contributed by atoms with Crippen LogP contribution in [0.1, 0.15) is 37.7 Å². The third kappa shape index (κ3) is 7.41. The molecule has 0 radical (unpaired) electrons. The maximum absolute atomic E-state index is 11.6. The number of hydrogen-bond donors (Lipinski definition) is 3. The van der Waals surface area contributed by atoms with Gasteiger partial charge >= 0.3 is 5.97 Å². The van der Waals surface area contributed by atoms with Crippen LogP contribution in [0.2, 0.25) is 0 Å². The third-order valence-electron chi connectivity index (χ3n) is 2.97. The minimum Gasteiger partial charge on any atom is -0.508 e. The highest BCUT2D eigenvalue weighted by Crippen LogP contribution is 2.11. The number of aliphatic carboxylic acids is 1. The number of carboxylic acids is 1. The second kappa shape index (κ2) is 8.96. The van der Waals surface area contributed by atoms with Gasteiger partial charge in [-0.3, -0.25) is 9.59 Å². The smallest absolute Gasteiger partial charge is 0.303 e. The van der Waals surface area contributed by atoms with Crippen molar-refractivity contribution in [3.63, 3.8) is 0 Å². The summed E-state index contributed by atoms with van der Waals surface area (Å²) in [7, 11) is 0. The van der Waals surface area contributed by atoms with E-state index >= 15 is 0 Å². The van der Waals surface area contributed by atoms with Gasteiger partial charge in [-0.05, 0) is 37.0 Å². The molecule has 0 fully saturated rings. The molecule has 0 heterocycles. The summed E-state index contributed by atoms with van der Waals surface area (Å²) in [6, 6.07) is 6.81. The van der Waals surface area contributed by atoms with Crippen molar-refractivity contribution in [1.29, 1.82) is 0 Å². The molecule has 0 aliphatic heterocycles. The van der Waals surface area contributed by atoms with Crippen molar-refractivity contribution in [2.75, 3.05) is 6.54 Å². The molecule has 0 unspecified atom stereocenters. The monoisotopic (exact) mass is 279 g/mol. The molecule has 1 rings (SSSR count). The summed E-state index contributed by atoms with van der Waals surface area (Å²) in [4.78, 5) is 21.9. The number of benzene rings is 1. The summed E-state index contributed by atoms with van der Waals surface area (Å²) < 4.78 is 0. The quantitative estimate of drug-likeness (QED) is 0.604. The first kappa shape index (κ1) is 16.0. The van der Waals surface area contributed by atoms with E-state index in [1.807, 2.05) is 0 Å². The third-order valence-corrected chi connectivity index (χ3v) is 2.97. The lowest BCUT2D eigenvalue weighted by atomic mass is 10.1. The van der Waals surface area contributed by atoms with E-state index in [4.69, 9.17) is 10.2 Å². The van der Waals surface area contributed by atoms with Crippen molar-refractivity contribution in [2.45, 2.75) is 38.5 Å². The average molecular weight is 279 g/mol. The molecular formula is C15H21NO4. The van der Waals surface area contributed by atoms with Gasteiger partial charge in [0.05, 0.1) is 0 Å². The molecule has 1 amide bonds. The Labute approximate surface area is 118 Å². The molecule has 0 saturated heterocycles. The van der Waals surface area contributed by atoms with Gasteiger partial charge < -0.3 is 15.5 Å². The number of nitrogens with one attached hydrogen (secondary N) is 1. The van der Waals surface area contributed by atoms with Crippen LogP contribution in [0, 0.1) is 0 Å². The van der Waals surface area contributed by atoms with Crippen molar-refractivity contribution in [2.24, 2.45) is 0 Å². The maximum Gasteiger partial charge on any atom is 0.303 e. The van der Waals surface area contributed by atoms with Crippen LogP contribution in [-0.4, -0.2) is 28.6 Å². The molecule has 20 heavy (non-hydrogen) atoms. The lowest BCUT2D eigenvalue weighted by Gasteiger charge is -2.05. The van der Waals surface area contributed by atoms with E-state index in [9.17, 15) is 9.59 Å². The van der Waals surface area contributed by atoms with Gasteiger partial charge in [0.25, 0.3) is 0 Å². The first-order valence-electron chi connectivity index (χ1n) is 6.84. The van der Waals surface area contributed by atoms with Gasteiger partial charge in [0.15, 0.2) is 0 Å². The molecule has 0 aliphatic rings. The van der Waals surface area contributed by atoms with Crippen LogP contribution in [-0.2, 0) is 16.0 Å². The highest BCUT2D eigenvalue weighted by atomic mass is 16.4. The van der Waals surface area contributed by atoms with Gasteiger partial charge in [-0.15, -0.1) is 0 Å². The molecule has 0 atom stereocenters. The minimum atomic E-state index is -0.775. The average Bonchev–Trinajstić information content (AvgIpc) is 2.41. The number of aryl methyl sites for hydroxylation is 1. The normalized spacial score (nSPS) is 10.2. The van der Waals surface area contributed by atoms with E-state index < -0.39 is 5.97 Å². The lowest BCUT2D eigenvalue weighted by molar-refractivity contribution is -0.137. The second-order valence-corrected chi connectivity index (χ2v) is 4.72. The number of carbonyl (C=O) groups is 2. The van der Waals surface area contributed by atoms with Crippen LogP contribution in [0.25, 0.3) is 0 Å². The number of rotatable bonds is 9. The number of hydrogen-bond acceptors (Lipinski definition) is 3. The SMILES string of the molecule is O=C(O)CCCCCNC(=O)CCc1ccc(O)cc1. The van der Waals surface area contributed by atoms with Crippen LogP contribution in [0.3, 0.4) is 0 Å². The second-order valence-electron chi connectivity index (χ2n) is 4.72. The molecule has 5 nitrogen and oxygen atoms in total. The predicted molar refractivity (Wildman–Crippen MR) is 75.5 cm³/mol. The van der Waals surface area contributed by atoms with Gasteiger partial charge in [0.1, 0.15) is 5.75 Å². The standard InChI is InChI=1S/C15H21NO4/c17-13-8-5-12(6-9-13)7-10-14(18)16-11-3-1-2-4-15(19)20/h5-6,8-9,17H,1-4,7,10-11H2,(H,16,18)(H,19,20). The van der Waals surface area contributed by atoms with Crippen LogP contribution in [0.5, 0.6) is 5.75 Å². The number of aromatic hydroxyl groups is 1. The van der Waals surface area contributed by atoms with E-state index in [2.05, 4.69) is 5.32 Å². The molecule has 0 aliphatic carbocycles. The molecule has 1 aromatic rings. The number of phenolic OH excluding ortho intramolecular Hbond substituents is 1. The molecule has 0 spiro atoms. The Morgan fingerprint density at radius 3 is 2.35 bits per heavy atom. The fourth-order valence-electron chi connectivity index (χ4n) is 1.81. The van der Waals surface area contributed by atoms with E-state index in [1.54, 1.807) is 24.3 Å². The van der Waals surface area contributed by atoms with Crippen molar-refractivity contribution in [3.05, 3.63) is 29.8 Å². The summed E-state index contributed by atoms with van der Waals surface area (Å²) in [5.74, 6) is -0.557. The summed E-state index contributed by atoms with van der Waals surface area (Å²) >= 11 is 0. The highest BCUT2D eigenvalue weighted by Gasteiger charge is 2.02. The fraction of sp³-hybridized carbons (Fsp3) is 0.467. The molecule has 1 aromatic carbocycles. The number of carbonyl (C=O) groups excluding carboxylic acids is 1. The van der Waals surface area contributed by atoms with Gasteiger partial charge in [-0.25, -0.2) is 0 Å². The van der Waals surface area contributed by atoms with Crippen molar-refractivity contribution in [1.82, 2.24) is 5.32 Å². The Morgan fingerprint density at radius 2 is 1.70 bits per heavy atom. The van der Waals surface area contributed by atoms with E-state index in [-0.39, 0.29) is 18.1 Å². The van der Waals surface area contributed by atoms with Crippen molar-refractivity contribution >= 4 is 11.9 Å². The van der Waals surface area contributed by atoms with E-state index in [0.717, 1.165) is 18.4 Å². The van der Waals surface area contributed by atoms with Crippen molar-refractivity contribution < 1.29 is 19.8 Å². The van der Waals surface area contributed by atoms with Crippen molar-refractivity contribution in [3.8, 4) is 5.75 Å². The lowest BCUT2D eigenvalue weighted by Crippen LogP contribution is -2.24. The van der Waals surface area contributed by atoms with Crippen LogP contribution < -0.4 is 5.32 Å². The molecule has 110 valence electrons. The molecule has 3 N–H and O–H groups in total. The minimum absolute atomic E-state index is 0.00342. The van der Waals surface area contributed by atoms with Gasteiger partial charge in [-0.1, -0.05) is 18.6 Å². The number of unbranched alkanes of at least 4 members (excludes halogenated alkanes) is 2. The first-order valence-corrected chi connectivity index (χ1v) is 6.84. The van der Waals surface area contributed by atoms with Crippen LogP contribution >= 0.6 is 0 Å². The van der Waals surface area contributed by atoms with Gasteiger partial charge in [0.2, 0.25) is 5.91 Å². The first-order chi connectivity index (χ1) is 9.58.